The zero-order chi connectivity index (χ0) is 37.9. The van der Waals surface area contributed by atoms with Crippen molar-refractivity contribution in [3.05, 3.63) is 24.3 Å². The third-order valence-electron chi connectivity index (χ3n) is 9.42. The Morgan fingerprint density at radius 2 is 1.06 bits per heavy atom. The first-order chi connectivity index (χ1) is 24.5. The number of amides is 1. The highest BCUT2D eigenvalue weighted by Gasteiger charge is 2.27. The zero-order valence-corrected chi connectivity index (χ0v) is 35.0. The van der Waals surface area contributed by atoms with E-state index >= 15 is 0 Å². The van der Waals surface area contributed by atoms with Gasteiger partial charge in [-0.05, 0) is 44.9 Å². The van der Waals surface area contributed by atoms with E-state index in [1.165, 1.54) is 128 Å². The fourth-order valence-corrected chi connectivity index (χ4v) is 6.71. The first-order valence-corrected chi connectivity index (χ1v) is 22.7. The lowest BCUT2D eigenvalue weighted by Gasteiger charge is -2.25. The van der Waals surface area contributed by atoms with Gasteiger partial charge in [0.2, 0.25) is 5.91 Å². The molecule has 8 nitrogen and oxygen atoms in total. The number of aliphatic hydroxyl groups excluding tert-OH is 1. The normalized spacial score (nSPS) is 14.7. The second-order valence-electron chi connectivity index (χ2n) is 15.7. The van der Waals surface area contributed by atoms with Crippen molar-refractivity contribution in [2.75, 3.05) is 40.9 Å². The molecule has 0 bridgehead atoms. The third-order valence-corrected chi connectivity index (χ3v) is 10.4. The lowest BCUT2D eigenvalue weighted by molar-refractivity contribution is -0.870. The number of allylic oxidation sites excluding steroid dienone is 3. The maximum atomic E-state index is 12.8. The smallest absolute Gasteiger partial charge is 0.387 e. The number of quaternary nitrogens is 1. The number of likely N-dealkylation sites (N-methyl/N-ethyl adjacent to an activating group) is 1. The van der Waals surface area contributed by atoms with E-state index in [4.69, 9.17) is 9.05 Å². The van der Waals surface area contributed by atoms with E-state index in [1.807, 2.05) is 27.2 Å². The number of hydrogen-bond acceptors (Lipinski definition) is 5. The molecule has 0 aliphatic heterocycles. The predicted octanol–water partition coefficient (Wildman–Crippen LogP) is 11.4. The Bertz CT molecular complexity index is 891. The quantitative estimate of drug-likeness (QED) is 0.0252. The fraction of sp³-hybridized carbons (Fsp3) is 0.881. The summed E-state index contributed by atoms with van der Waals surface area (Å²) in [5.41, 5.74) is 0. The van der Waals surface area contributed by atoms with Crippen LogP contribution in [-0.2, 0) is 18.4 Å². The molecule has 0 aliphatic carbocycles. The second-order valence-corrected chi connectivity index (χ2v) is 17.2. The van der Waals surface area contributed by atoms with Gasteiger partial charge in [0, 0.05) is 6.42 Å². The van der Waals surface area contributed by atoms with Crippen LogP contribution in [0.2, 0.25) is 0 Å². The van der Waals surface area contributed by atoms with Crippen molar-refractivity contribution in [2.45, 2.75) is 199 Å². The van der Waals surface area contributed by atoms with Gasteiger partial charge >= 0.3 is 7.82 Å². The summed E-state index contributed by atoms with van der Waals surface area (Å²) >= 11 is 0. The molecule has 0 saturated heterocycles. The summed E-state index contributed by atoms with van der Waals surface area (Å²) in [5.74, 6) is -0.182. The Hall–Kier alpha value is -1.02. The van der Waals surface area contributed by atoms with E-state index in [-0.39, 0.29) is 19.1 Å². The van der Waals surface area contributed by atoms with Crippen LogP contribution in [0.5, 0.6) is 0 Å². The van der Waals surface area contributed by atoms with Crippen molar-refractivity contribution in [2.24, 2.45) is 0 Å². The number of nitrogens with zero attached hydrogens (tertiary/aromatic N) is 1. The summed E-state index contributed by atoms with van der Waals surface area (Å²) in [6, 6.07) is -0.842. The summed E-state index contributed by atoms with van der Waals surface area (Å²) < 4.78 is 23.5. The fourth-order valence-electron chi connectivity index (χ4n) is 5.98. The van der Waals surface area contributed by atoms with E-state index in [0.29, 0.717) is 17.4 Å². The van der Waals surface area contributed by atoms with Gasteiger partial charge < -0.3 is 19.8 Å². The number of phosphoric acid groups is 1. The predicted molar refractivity (Wildman–Crippen MR) is 217 cm³/mol. The Balaban J connectivity index is 4.35. The van der Waals surface area contributed by atoms with Crippen LogP contribution in [0.25, 0.3) is 0 Å². The summed E-state index contributed by atoms with van der Waals surface area (Å²) in [4.78, 5) is 23.0. The molecule has 0 aliphatic rings. The zero-order valence-electron chi connectivity index (χ0n) is 34.1. The van der Waals surface area contributed by atoms with E-state index in [2.05, 4.69) is 31.3 Å². The van der Waals surface area contributed by atoms with Gasteiger partial charge in [0.25, 0.3) is 0 Å². The molecule has 9 heteroatoms. The molecular formula is C42H84N2O6P+. The molecule has 1 unspecified atom stereocenters. The van der Waals surface area contributed by atoms with Crippen molar-refractivity contribution in [3.8, 4) is 0 Å². The van der Waals surface area contributed by atoms with E-state index in [9.17, 15) is 19.4 Å². The molecule has 0 aromatic carbocycles. The van der Waals surface area contributed by atoms with Crippen LogP contribution in [0.15, 0.2) is 24.3 Å². The van der Waals surface area contributed by atoms with Gasteiger partial charge in [-0.25, -0.2) is 4.57 Å². The van der Waals surface area contributed by atoms with Gasteiger partial charge in [-0.3, -0.25) is 13.8 Å². The molecular weight excluding hydrogens is 659 g/mol. The van der Waals surface area contributed by atoms with Gasteiger partial charge in [-0.2, -0.15) is 0 Å². The number of carbonyl (C=O) groups is 1. The van der Waals surface area contributed by atoms with Crippen LogP contribution in [0.1, 0.15) is 187 Å². The molecule has 3 atom stereocenters. The SMILES string of the molecule is CCCCCCCC/C=C/CCCCCCCCCCCC(=O)N[C@@H](COP(=O)(O)OCC[N+](C)(C)C)[C@H](O)/C=C/CCCCCCCCCC. The number of carbonyl (C=O) groups excluding carboxylic acids is 1. The van der Waals surface area contributed by atoms with Crippen LogP contribution in [-0.4, -0.2) is 73.4 Å². The number of hydrogen-bond donors (Lipinski definition) is 3. The number of rotatable bonds is 38. The molecule has 0 saturated carbocycles. The first-order valence-electron chi connectivity index (χ1n) is 21.2. The lowest BCUT2D eigenvalue weighted by Crippen LogP contribution is -2.45. The largest absolute Gasteiger partial charge is 0.472 e. The van der Waals surface area contributed by atoms with Crippen LogP contribution in [0, 0.1) is 0 Å². The first kappa shape index (κ1) is 50.0. The maximum Gasteiger partial charge on any atom is 0.472 e. The molecule has 0 radical (unpaired) electrons. The highest BCUT2D eigenvalue weighted by molar-refractivity contribution is 7.47. The van der Waals surface area contributed by atoms with E-state index < -0.39 is 20.0 Å². The molecule has 0 aromatic rings. The summed E-state index contributed by atoms with van der Waals surface area (Å²) in [6.45, 7) is 4.78. The van der Waals surface area contributed by atoms with Gasteiger partial charge in [-0.15, -0.1) is 0 Å². The Morgan fingerprint density at radius 1 is 0.647 bits per heavy atom. The molecule has 1 amide bonds. The van der Waals surface area contributed by atoms with Crippen LogP contribution < -0.4 is 5.32 Å². The Morgan fingerprint density at radius 3 is 1.51 bits per heavy atom. The standard InChI is InChI=1S/C42H83N2O6P/c1-6-8-10-12-14-16-18-19-20-21-22-23-24-25-26-28-30-32-34-36-42(46)43-40(39-50-51(47,48)49-38-37-44(3,4)5)41(45)35-33-31-29-27-17-15-13-11-9-7-2/h19-20,33,35,40-41,45H,6-18,21-32,34,36-39H2,1-5H3,(H-,43,46,47,48)/p+1/b20-19+,35-33+/t40-,41+/m0/s1. The minimum Gasteiger partial charge on any atom is -0.387 e. The minimum absolute atomic E-state index is 0.0619. The van der Waals surface area contributed by atoms with Gasteiger partial charge in [-0.1, -0.05) is 160 Å². The van der Waals surface area contributed by atoms with Gasteiger partial charge in [0.05, 0.1) is 39.9 Å². The van der Waals surface area contributed by atoms with E-state index in [0.717, 1.165) is 38.5 Å². The Labute approximate surface area is 315 Å². The van der Waals surface area contributed by atoms with Crippen LogP contribution in [0.3, 0.4) is 0 Å². The van der Waals surface area contributed by atoms with Gasteiger partial charge in [0.1, 0.15) is 13.2 Å². The highest BCUT2D eigenvalue weighted by atomic mass is 31.2. The van der Waals surface area contributed by atoms with Crippen molar-refractivity contribution < 1.29 is 32.9 Å². The monoisotopic (exact) mass is 744 g/mol. The van der Waals surface area contributed by atoms with Crippen molar-refractivity contribution in [1.29, 1.82) is 0 Å². The Kier molecular flexibility index (Phi) is 34.0. The highest BCUT2D eigenvalue weighted by Crippen LogP contribution is 2.43. The average Bonchev–Trinajstić information content (AvgIpc) is 3.07. The van der Waals surface area contributed by atoms with Gasteiger partial charge in [0.15, 0.2) is 0 Å². The summed E-state index contributed by atoms with van der Waals surface area (Å²) in [5, 5.41) is 13.7. The molecule has 0 aromatic heterocycles. The second kappa shape index (κ2) is 34.7. The molecule has 0 spiro atoms. The van der Waals surface area contributed by atoms with E-state index in [1.54, 1.807) is 6.08 Å². The third kappa shape index (κ3) is 37.1. The molecule has 0 fully saturated rings. The summed E-state index contributed by atoms with van der Waals surface area (Å²) in [6.07, 6.45) is 39.6. The topological polar surface area (TPSA) is 105 Å². The molecule has 51 heavy (non-hydrogen) atoms. The lowest BCUT2D eigenvalue weighted by atomic mass is 10.0. The number of unbranched alkanes of at least 4 members (excludes halogenated alkanes) is 23. The number of nitrogens with one attached hydrogen (secondary N) is 1. The van der Waals surface area contributed by atoms with Crippen LogP contribution in [0.4, 0.5) is 0 Å². The molecule has 3 N–H and O–H groups in total. The molecule has 0 rings (SSSR count). The average molecular weight is 744 g/mol. The summed E-state index contributed by atoms with van der Waals surface area (Å²) in [7, 11) is 1.57. The maximum absolute atomic E-state index is 12.8. The number of phosphoric ester groups is 1. The van der Waals surface area contributed by atoms with Crippen molar-refractivity contribution >= 4 is 13.7 Å². The molecule has 0 heterocycles. The van der Waals surface area contributed by atoms with Crippen LogP contribution >= 0.6 is 7.82 Å². The van der Waals surface area contributed by atoms with Crippen molar-refractivity contribution in [1.82, 2.24) is 5.32 Å². The number of aliphatic hydroxyl groups is 1. The molecule has 302 valence electrons. The minimum atomic E-state index is -4.33. The van der Waals surface area contributed by atoms with Crippen molar-refractivity contribution in [3.63, 3.8) is 0 Å².